The van der Waals surface area contributed by atoms with Gasteiger partial charge in [-0.2, -0.15) is 5.10 Å². The fourth-order valence-electron chi connectivity index (χ4n) is 6.16. The molecule has 0 radical (unpaired) electrons. The van der Waals surface area contributed by atoms with Gasteiger partial charge < -0.3 is 14.3 Å². The predicted octanol–water partition coefficient (Wildman–Crippen LogP) is 5.02. The molecule has 0 spiro atoms. The second-order valence-electron chi connectivity index (χ2n) is 10.3. The molecule has 7 heteroatoms. The SMILES string of the molecule is CC(C)Cn1c2ccc(C(=O)c3ccco3)cc2c2c3c(c4c(c21)CCc1nn(C)cc1-4)C(=O)NC3. The third-order valence-corrected chi connectivity index (χ3v) is 7.50. The molecule has 7 rings (SSSR count). The number of nitrogens with one attached hydrogen (secondary N) is 1. The normalized spacial score (nSPS) is 14.4. The number of rotatable bonds is 4. The van der Waals surface area contributed by atoms with Crippen LogP contribution < -0.4 is 5.32 Å². The van der Waals surface area contributed by atoms with Crippen molar-refractivity contribution in [3.05, 3.63) is 76.5 Å². The summed E-state index contributed by atoms with van der Waals surface area (Å²) in [6, 6.07) is 9.33. The van der Waals surface area contributed by atoms with Crippen LogP contribution in [0.4, 0.5) is 0 Å². The second kappa shape index (κ2) is 7.43. The van der Waals surface area contributed by atoms with Crippen LogP contribution in [-0.4, -0.2) is 26.0 Å². The summed E-state index contributed by atoms with van der Waals surface area (Å²) < 4.78 is 9.64. The largest absolute Gasteiger partial charge is 0.461 e. The van der Waals surface area contributed by atoms with E-state index in [1.54, 1.807) is 12.1 Å². The van der Waals surface area contributed by atoms with Crippen molar-refractivity contribution in [2.24, 2.45) is 13.0 Å². The highest BCUT2D eigenvalue weighted by Gasteiger charge is 2.35. The van der Waals surface area contributed by atoms with Crippen molar-refractivity contribution in [3.8, 4) is 11.1 Å². The molecule has 7 nitrogen and oxygen atoms in total. The summed E-state index contributed by atoms with van der Waals surface area (Å²) >= 11 is 0. The number of benzene rings is 2. The average Bonchev–Trinajstić information content (AvgIpc) is 3.64. The Labute approximate surface area is 207 Å². The average molecular weight is 479 g/mol. The van der Waals surface area contributed by atoms with E-state index >= 15 is 0 Å². The van der Waals surface area contributed by atoms with Crippen LogP contribution in [0.5, 0.6) is 0 Å². The Morgan fingerprint density at radius 2 is 2.03 bits per heavy atom. The molecule has 0 saturated carbocycles. The molecule has 0 fully saturated rings. The molecule has 36 heavy (non-hydrogen) atoms. The lowest BCUT2D eigenvalue weighted by molar-refractivity contribution is 0.0965. The van der Waals surface area contributed by atoms with E-state index in [1.807, 2.05) is 30.1 Å². The Bertz CT molecular complexity index is 1730. The van der Waals surface area contributed by atoms with E-state index in [0.717, 1.165) is 63.6 Å². The first kappa shape index (κ1) is 21.2. The highest BCUT2D eigenvalue weighted by molar-refractivity contribution is 6.21. The molecule has 1 N–H and O–H groups in total. The lowest BCUT2D eigenvalue weighted by Crippen LogP contribution is -2.15. The lowest BCUT2D eigenvalue weighted by atomic mass is 9.82. The van der Waals surface area contributed by atoms with Crippen LogP contribution in [0.3, 0.4) is 0 Å². The van der Waals surface area contributed by atoms with Gasteiger partial charge in [-0.25, -0.2) is 0 Å². The predicted molar refractivity (Wildman–Crippen MR) is 137 cm³/mol. The second-order valence-corrected chi connectivity index (χ2v) is 10.3. The van der Waals surface area contributed by atoms with Crippen LogP contribution in [0.2, 0.25) is 0 Å². The van der Waals surface area contributed by atoms with Gasteiger partial charge in [0.15, 0.2) is 5.76 Å². The van der Waals surface area contributed by atoms with E-state index in [-0.39, 0.29) is 11.7 Å². The van der Waals surface area contributed by atoms with Crippen molar-refractivity contribution in [1.82, 2.24) is 19.7 Å². The number of ketones is 1. The number of carbonyl (C=O) groups is 2. The first-order valence-electron chi connectivity index (χ1n) is 12.4. The summed E-state index contributed by atoms with van der Waals surface area (Å²) in [4.78, 5) is 26.4. The van der Waals surface area contributed by atoms with E-state index in [2.05, 4.69) is 34.9 Å². The van der Waals surface area contributed by atoms with E-state index < -0.39 is 0 Å². The molecule has 2 aromatic carbocycles. The first-order chi connectivity index (χ1) is 17.4. The van der Waals surface area contributed by atoms with Crippen molar-refractivity contribution in [3.63, 3.8) is 0 Å². The summed E-state index contributed by atoms with van der Waals surface area (Å²) in [5.74, 6) is 0.571. The maximum absolute atomic E-state index is 13.2. The molecule has 0 saturated heterocycles. The topological polar surface area (TPSA) is 82.1 Å². The van der Waals surface area contributed by atoms with Gasteiger partial charge in [-0.1, -0.05) is 13.8 Å². The van der Waals surface area contributed by atoms with Crippen LogP contribution in [0.1, 0.15) is 57.1 Å². The number of furan rings is 1. The number of hydrogen-bond donors (Lipinski definition) is 1. The standard InChI is InChI=1S/C29H26N4O3/c1-15(2)13-33-22-9-6-16(28(34)23-5-4-10-36-23)11-18(22)25-19-12-30-29(35)26(19)24-17(27(25)33)7-8-21-20(24)14-32(3)31-21/h4-6,9-11,14-15H,7-8,12-13H2,1-3H3,(H,30,35). The number of amides is 1. The maximum atomic E-state index is 13.2. The Hall–Kier alpha value is -4.13. The molecule has 180 valence electrons. The summed E-state index contributed by atoms with van der Waals surface area (Å²) in [6.45, 7) is 5.76. The van der Waals surface area contributed by atoms with Crippen LogP contribution >= 0.6 is 0 Å². The number of aryl methyl sites for hydroxylation is 3. The molecule has 2 aliphatic rings. The van der Waals surface area contributed by atoms with Gasteiger partial charge in [0.05, 0.1) is 23.0 Å². The van der Waals surface area contributed by atoms with Crippen LogP contribution in [0, 0.1) is 5.92 Å². The fraction of sp³-hybridized carbons (Fsp3) is 0.276. The van der Waals surface area contributed by atoms with Gasteiger partial charge in [-0.05, 0) is 60.2 Å². The van der Waals surface area contributed by atoms with Gasteiger partial charge in [0.2, 0.25) is 5.78 Å². The highest BCUT2D eigenvalue weighted by Crippen LogP contribution is 2.47. The van der Waals surface area contributed by atoms with E-state index in [4.69, 9.17) is 4.42 Å². The number of hydrogen-bond acceptors (Lipinski definition) is 4. The molecule has 1 aliphatic carbocycles. The molecular formula is C29H26N4O3. The van der Waals surface area contributed by atoms with Gasteiger partial charge >= 0.3 is 0 Å². The van der Waals surface area contributed by atoms with Crippen molar-refractivity contribution in [2.75, 3.05) is 0 Å². The van der Waals surface area contributed by atoms with Gasteiger partial charge in [-0.15, -0.1) is 0 Å². The molecule has 3 aromatic heterocycles. The van der Waals surface area contributed by atoms with Crippen LogP contribution in [0.15, 0.2) is 47.2 Å². The minimum atomic E-state index is -0.143. The van der Waals surface area contributed by atoms with Gasteiger partial charge in [0.25, 0.3) is 5.91 Å². The molecule has 5 aromatic rings. The highest BCUT2D eigenvalue weighted by atomic mass is 16.3. The number of nitrogens with zero attached hydrogens (tertiary/aromatic N) is 3. The molecule has 4 heterocycles. The van der Waals surface area contributed by atoms with Crippen molar-refractivity contribution in [2.45, 2.75) is 39.8 Å². The monoisotopic (exact) mass is 478 g/mol. The Morgan fingerprint density at radius 1 is 1.17 bits per heavy atom. The van der Waals surface area contributed by atoms with Crippen molar-refractivity contribution < 1.29 is 14.0 Å². The zero-order valence-corrected chi connectivity index (χ0v) is 20.5. The van der Waals surface area contributed by atoms with Gasteiger partial charge in [0.1, 0.15) is 0 Å². The Morgan fingerprint density at radius 3 is 2.81 bits per heavy atom. The maximum Gasteiger partial charge on any atom is 0.252 e. The number of aromatic nitrogens is 3. The van der Waals surface area contributed by atoms with Crippen molar-refractivity contribution >= 4 is 33.5 Å². The van der Waals surface area contributed by atoms with Crippen molar-refractivity contribution in [1.29, 1.82) is 0 Å². The number of fused-ring (bicyclic) bond motifs is 10. The quantitative estimate of drug-likeness (QED) is 0.368. The zero-order valence-electron chi connectivity index (χ0n) is 20.5. The Balaban J connectivity index is 1.61. The summed E-state index contributed by atoms with van der Waals surface area (Å²) in [6.07, 6.45) is 5.22. The minimum Gasteiger partial charge on any atom is -0.461 e. The molecular weight excluding hydrogens is 452 g/mol. The summed E-state index contributed by atoms with van der Waals surface area (Å²) in [5, 5.41) is 9.86. The van der Waals surface area contributed by atoms with E-state index in [0.29, 0.717) is 23.8 Å². The zero-order chi connectivity index (χ0) is 24.7. The van der Waals surface area contributed by atoms with Crippen LogP contribution in [-0.2, 0) is 33.0 Å². The Kier molecular flexibility index (Phi) is 4.37. The third-order valence-electron chi connectivity index (χ3n) is 7.50. The summed E-state index contributed by atoms with van der Waals surface area (Å²) in [5.41, 5.74) is 8.96. The van der Waals surface area contributed by atoms with E-state index in [1.165, 1.54) is 17.3 Å². The molecule has 1 aliphatic heterocycles. The van der Waals surface area contributed by atoms with Crippen LogP contribution in [0.25, 0.3) is 32.9 Å². The third kappa shape index (κ3) is 2.83. The fourth-order valence-corrected chi connectivity index (χ4v) is 6.16. The lowest BCUT2D eigenvalue weighted by Gasteiger charge is -2.22. The number of carbonyl (C=O) groups excluding carboxylic acids is 2. The summed E-state index contributed by atoms with van der Waals surface area (Å²) in [7, 11) is 1.93. The minimum absolute atomic E-state index is 0.0348. The molecule has 0 bridgehead atoms. The van der Waals surface area contributed by atoms with E-state index in [9.17, 15) is 9.59 Å². The molecule has 0 atom stereocenters. The molecule has 1 amide bonds. The van der Waals surface area contributed by atoms with Gasteiger partial charge in [0, 0.05) is 59.3 Å². The first-order valence-corrected chi connectivity index (χ1v) is 12.4. The molecule has 0 unspecified atom stereocenters. The van der Waals surface area contributed by atoms with Gasteiger partial charge in [-0.3, -0.25) is 14.3 Å². The smallest absolute Gasteiger partial charge is 0.252 e.